The molecule has 0 unspecified atom stereocenters. The molecule has 0 saturated heterocycles. The molecule has 2 heterocycles. The molecule has 154 valence electrons. The first kappa shape index (κ1) is 20.6. The SMILES string of the molecule is COC(=O)Cc1[nH]n(-c2ccc([N+](=O)[O-])cc2)c(=O)c1C(C)=NCc1cccnc1. The number of carbonyl (C=O) groups excluding carboxylic acids is 1. The number of non-ortho nitro benzene ring substituents is 1. The highest BCUT2D eigenvalue weighted by Gasteiger charge is 2.20. The Kier molecular flexibility index (Phi) is 6.16. The van der Waals surface area contributed by atoms with Crippen LogP contribution < -0.4 is 5.56 Å². The maximum atomic E-state index is 13.1. The largest absolute Gasteiger partial charge is 0.469 e. The molecule has 0 fully saturated rings. The fourth-order valence-corrected chi connectivity index (χ4v) is 2.89. The number of nitro benzene ring substituents is 1. The summed E-state index contributed by atoms with van der Waals surface area (Å²) in [7, 11) is 1.26. The number of rotatable bonds is 7. The molecule has 0 radical (unpaired) electrons. The van der Waals surface area contributed by atoms with E-state index in [1.807, 2.05) is 6.07 Å². The zero-order valence-electron chi connectivity index (χ0n) is 16.4. The lowest BCUT2D eigenvalue weighted by Crippen LogP contribution is -2.20. The molecular weight excluding hydrogens is 390 g/mol. The number of benzene rings is 1. The van der Waals surface area contributed by atoms with Gasteiger partial charge in [-0.25, -0.2) is 4.68 Å². The summed E-state index contributed by atoms with van der Waals surface area (Å²) in [4.78, 5) is 43.8. The van der Waals surface area contributed by atoms with Gasteiger partial charge in [-0.3, -0.25) is 34.8 Å². The number of ether oxygens (including phenoxy) is 1. The van der Waals surface area contributed by atoms with Gasteiger partial charge in [0.2, 0.25) is 0 Å². The summed E-state index contributed by atoms with van der Waals surface area (Å²) in [6.45, 7) is 2.00. The predicted molar refractivity (Wildman–Crippen MR) is 109 cm³/mol. The van der Waals surface area contributed by atoms with Gasteiger partial charge in [0.25, 0.3) is 11.2 Å². The number of nitrogens with zero attached hydrogens (tertiary/aromatic N) is 4. The minimum Gasteiger partial charge on any atom is -0.469 e. The number of H-pyrrole nitrogens is 1. The summed E-state index contributed by atoms with van der Waals surface area (Å²) in [5, 5.41) is 13.8. The predicted octanol–water partition coefficient (Wildman–Crippen LogP) is 2.19. The minimum absolute atomic E-state index is 0.0948. The molecule has 0 bridgehead atoms. The quantitative estimate of drug-likeness (QED) is 0.275. The van der Waals surface area contributed by atoms with Crippen LogP contribution >= 0.6 is 0 Å². The molecule has 30 heavy (non-hydrogen) atoms. The van der Waals surface area contributed by atoms with E-state index in [1.165, 1.54) is 36.1 Å². The molecule has 0 saturated carbocycles. The summed E-state index contributed by atoms with van der Waals surface area (Å²) < 4.78 is 5.94. The van der Waals surface area contributed by atoms with Gasteiger partial charge in [0.15, 0.2) is 0 Å². The molecule has 10 heteroatoms. The Hall–Kier alpha value is -4.08. The second-order valence-corrected chi connectivity index (χ2v) is 6.40. The van der Waals surface area contributed by atoms with Crippen LogP contribution in [0.4, 0.5) is 5.69 Å². The third kappa shape index (κ3) is 4.49. The van der Waals surface area contributed by atoms with E-state index in [2.05, 4.69) is 15.1 Å². The molecule has 0 amide bonds. The number of hydrogen-bond acceptors (Lipinski definition) is 7. The van der Waals surface area contributed by atoms with Crippen molar-refractivity contribution in [3.8, 4) is 5.69 Å². The van der Waals surface area contributed by atoms with Crippen molar-refractivity contribution >= 4 is 17.4 Å². The van der Waals surface area contributed by atoms with Gasteiger partial charge in [0.1, 0.15) is 0 Å². The van der Waals surface area contributed by atoms with Crippen molar-refractivity contribution in [2.24, 2.45) is 4.99 Å². The number of hydrogen-bond donors (Lipinski definition) is 1. The number of nitrogens with one attached hydrogen (secondary N) is 1. The number of aliphatic imine (C=N–C) groups is 1. The van der Waals surface area contributed by atoms with Crippen LogP contribution in [0.25, 0.3) is 5.69 Å². The van der Waals surface area contributed by atoms with Crippen LogP contribution in [0.5, 0.6) is 0 Å². The van der Waals surface area contributed by atoms with Gasteiger partial charge in [-0.1, -0.05) is 6.07 Å². The Labute approximate surface area is 171 Å². The van der Waals surface area contributed by atoms with Crippen LogP contribution in [-0.2, 0) is 22.5 Å². The summed E-state index contributed by atoms with van der Waals surface area (Å²) >= 11 is 0. The first-order chi connectivity index (χ1) is 14.4. The Morgan fingerprint density at radius 1 is 1.30 bits per heavy atom. The highest BCUT2D eigenvalue weighted by Crippen LogP contribution is 2.16. The number of aromatic amines is 1. The number of pyridine rings is 1. The van der Waals surface area contributed by atoms with Gasteiger partial charge >= 0.3 is 5.97 Å². The van der Waals surface area contributed by atoms with Crippen molar-refractivity contribution in [2.45, 2.75) is 19.9 Å². The molecule has 3 aromatic rings. The van der Waals surface area contributed by atoms with E-state index in [4.69, 9.17) is 4.74 Å². The fraction of sp³-hybridized carbons (Fsp3) is 0.200. The maximum absolute atomic E-state index is 13.1. The molecule has 0 aliphatic rings. The Morgan fingerprint density at radius 3 is 2.63 bits per heavy atom. The van der Waals surface area contributed by atoms with Crippen LogP contribution in [0.1, 0.15) is 23.7 Å². The van der Waals surface area contributed by atoms with E-state index in [-0.39, 0.29) is 17.7 Å². The number of methoxy groups -OCH3 is 1. The van der Waals surface area contributed by atoms with Crippen LogP contribution in [-0.4, -0.2) is 38.5 Å². The van der Waals surface area contributed by atoms with E-state index < -0.39 is 16.5 Å². The first-order valence-electron chi connectivity index (χ1n) is 8.96. The van der Waals surface area contributed by atoms with E-state index in [0.717, 1.165) is 5.56 Å². The number of nitro groups is 1. The molecule has 1 N–H and O–H groups in total. The van der Waals surface area contributed by atoms with Gasteiger partial charge < -0.3 is 4.74 Å². The van der Waals surface area contributed by atoms with Crippen molar-refractivity contribution in [3.05, 3.63) is 86.1 Å². The summed E-state index contributed by atoms with van der Waals surface area (Å²) in [6, 6.07) is 9.15. The van der Waals surface area contributed by atoms with Crippen molar-refractivity contribution in [2.75, 3.05) is 7.11 Å². The number of aromatic nitrogens is 3. The topological polar surface area (TPSA) is 132 Å². The summed E-state index contributed by atoms with van der Waals surface area (Å²) in [6.07, 6.45) is 3.18. The van der Waals surface area contributed by atoms with E-state index in [0.29, 0.717) is 23.6 Å². The van der Waals surface area contributed by atoms with Gasteiger partial charge in [0.05, 0.1) is 41.9 Å². The molecule has 3 rings (SSSR count). The van der Waals surface area contributed by atoms with Crippen LogP contribution in [0, 0.1) is 10.1 Å². The molecular formula is C20H19N5O5. The Morgan fingerprint density at radius 2 is 2.03 bits per heavy atom. The van der Waals surface area contributed by atoms with Crippen molar-refractivity contribution < 1.29 is 14.5 Å². The molecule has 0 spiro atoms. The lowest BCUT2D eigenvalue weighted by Gasteiger charge is -2.02. The Bertz CT molecular complexity index is 1150. The molecule has 10 nitrogen and oxygen atoms in total. The molecule has 0 aliphatic carbocycles. The Balaban J connectivity index is 2.03. The number of esters is 1. The average molecular weight is 409 g/mol. The van der Waals surface area contributed by atoms with Crippen molar-refractivity contribution in [1.82, 2.24) is 14.8 Å². The smallest absolute Gasteiger partial charge is 0.311 e. The fourth-order valence-electron chi connectivity index (χ4n) is 2.89. The number of carbonyl (C=O) groups is 1. The summed E-state index contributed by atoms with van der Waals surface area (Å²) in [5.74, 6) is -0.520. The van der Waals surface area contributed by atoms with Gasteiger partial charge in [-0.2, -0.15) is 0 Å². The maximum Gasteiger partial charge on any atom is 0.311 e. The zero-order valence-corrected chi connectivity index (χ0v) is 16.4. The normalized spacial score (nSPS) is 11.3. The average Bonchev–Trinajstić information content (AvgIpc) is 3.08. The highest BCUT2D eigenvalue weighted by molar-refractivity contribution is 6.00. The van der Waals surface area contributed by atoms with Gasteiger partial charge in [0, 0.05) is 30.2 Å². The second-order valence-electron chi connectivity index (χ2n) is 6.40. The highest BCUT2D eigenvalue weighted by atomic mass is 16.6. The van der Waals surface area contributed by atoms with Crippen LogP contribution in [0.15, 0.2) is 58.6 Å². The minimum atomic E-state index is -0.523. The second kappa shape index (κ2) is 8.95. The van der Waals surface area contributed by atoms with E-state index >= 15 is 0 Å². The molecule has 1 aromatic carbocycles. The molecule has 0 aliphatic heterocycles. The third-order valence-corrected chi connectivity index (χ3v) is 4.42. The van der Waals surface area contributed by atoms with Gasteiger partial charge in [-0.15, -0.1) is 0 Å². The van der Waals surface area contributed by atoms with Gasteiger partial charge in [-0.05, 0) is 30.7 Å². The molecule has 0 atom stereocenters. The molecule has 2 aromatic heterocycles. The standard InChI is InChI=1S/C20H19N5O5/c1-13(22-12-14-4-3-9-21-11-14)19-17(10-18(26)30-2)23-24(20(19)27)15-5-7-16(8-6-15)25(28)29/h3-9,11,23H,10,12H2,1-2H3. The third-order valence-electron chi connectivity index (χ3n) is 4.42. The lowest BCUT2D eigenvalue weighted by molar-refractivity contribution is -0.384. The zero-order chi connectivity index (χ0) is 21.7. The lowest BCUT2D eigenvalue weighted by atomic mass is 10.1. The van der Waals surface area contributed by atoms with Crippen molar-refractivity contribution in [3.63, 3.8) is 0 Å². The van der Waals surface area contributed by atoms with Crippen molar-refractivity contribution in [1.29, 1.82) is 0 Å². The van der Waals surface area contributed by atoms with Crippen LogP contribution in [0.3, 0.4) is 0 Å². The monoisotopic (exact) mass is 409 g/mol. The first-order valence-corrected chi connectivity index (χ1v) is 8.96. The van der Waals surface area contributed by atoms with Crippen LogP contribution in [0.2, 0.25) is 0 Å². The van der Waals surface area contributed by atoms with E-state index in [9.17, 15) is 19.7 Å². The van der Waals surface area contributed by atoms with E-state index in [1.54, 1.807) is 25.4 Å². The summed E-state index contributed by atoms with van der Waals surface area (Å²) in [5.41, 5.74) is 1.79.